The van der Waals surface area contributed by atoms with Crippen LogP contribution in [0.4, 0.5) is 5.69 Å². The van der Waals surface area contributed by atoms with E-state index < -0.39 is 5.97 Å². The Bertz CT molecular complexity index is 1230. The first kappa shape index (κ1) is 21.7. The molecule has 8 heteroatoms. The highest BCUT2D eigenvalue weighted by atomic mass is 32.1. The van der Waals surface area contributed by atoms with Crippen LogP contribution in [0.5, 0.6) is 5.75 Å². The minimum atomic E-state index is -0.512. The lowest BCUT2D eigenvalue weighted by atomic mass is 10.1. The summed E-state index contributed by atoms with van der Waals surface area (Å²) in [5, 5.41) is 4.52. The molecular formula is C24H20N2O4S2. The molecule has 0 aliphatic carbocycles. The Hall–Kier alpha value is -3.49. The fourth-order valence-electron chi connectivity index (χ4n) is 3.09. The van der Waals surface area contributed by atoms with Crippen molar-refractivity contribution < 1.29 is 19.1 Å². The molecule has 4 aromatic rings. The maximum Gasteiger partial charge on any atom is 0.340 e. The molecule has 0 radical (unpaired) electrons. The van der Waals surface area contributed by atoms with Crippen molar-refractivity contribution in [3.8, 4) is 16.3 Å². The highest BCUT2D eigenvalue weighted by Crippen LogP contribution is 2.28. The number of benzene rings is 2. The van der Waals surface area contributed by atoms with Gasteiger partial charge in [0.1, 0.15) is 17.4 Å². The zero-order chi connectivity index (χ0) is 22.5. The number of hydrogen-bond donors (Lipinski definition) is 0. The van der Waals surface area contributed by atoms with Gasteiger partial charge in [0.05, 0.1) is 28.9 Å². The highest BCUT2D eigenvalue weighted by molar-refractivity contribution is 7.13. The van der Waals surface area contributed by atoms with E-state index in [1.165, 1.54) is 27.6 Å². The third kappa shape index (κ3) is 4.71. The summed E-state index contributed by atoms with van der Waals surface area (Å²) in [6.07, 6.45) is 0. The van der Waals surface area contributed by atoms with Gasteiger partial charge < -0.3 is 14.4 Å². The Balaban J connectivity index is 1.46. The zero-order valence-electron chi connectivity index (χ0n) is 17.5. The van der Waals surface area contributed by atoms with E-state index in [0.29, 0.717) is 21.8 Å². The molecule has 6 nitrogen and oxygen atoms in total. The molecule has 0 aliphatic rings. The SMILES string of the molecule is COc1cccc(-c2nc(COC(=O)c3ccccc3N(C)C(=O)c3cccs3)cs2)c1. The molecule has 0 bridgehead atoms. The fourth-order valence-corrected chi connectivity index (χ4v) is 4.59. The molecule has 2 aromatic heterocycles. The lowest BCUT2D eigenvalue weighted by Gasteiger charge is -2.19. The molecule has 0 atom stereocenters. The number of carbonyl (C=O) groups excluding carboxylic acids is 2. The monoisotopic (exact) mass is 464 g/mol. The van der Waals surface area contributed by atoms with Crippen molar-refractivity contribution >= 4 is 40.2 Å². The fraction of sp³-hybridized carbons (Fsp3) is 0.125. The predicted molar refractivity (Wildman–Crippen MR) is 127 cm³/mol. The number of anilines is 1. The topological polar surface area (TPSA) is 68.7 Å². The van der Waals surface area contributed by atoms with Crippen molar-refractivity contribution in [3.63, 3.8) is 0 Å². The number of ether oxygens (including phenoxy) is 2. The van der Waals surface area contributed by atoms with Gasteiger partial charge >= 0.3 is 5.97 Å². The summed E-state index contributed by atoms with van der Waals surface area (Å²) < 4.78 is 10.8. The zero-order valence-corrected chi connectivity index (χ0v) is 19.1. The van der Waals surface area contributed by atoms with Gasteiger partial charge in [0, 0.05) is 18.0 Å². The summed E-state index contributed by atoms with van der Waals surface area (Å²) in [7, 11) is 3.27. The maximum absolute atomic E-state index is 12.8. The summed E-state index contributed by atoms with van der Waals surface area (Å²) in [4.78, 5) is 32.2. The number of thiazole rings is 1. The number of aromatic nitrogens is 1. The van der Waals surface area contributed by atoms with E-state index in [-0.39, 0.29) is 12.5 Å². The Morgan fingerprint density at radius 1 is 1.03 bits per heavy atom. The molecule has 32 heavy (non-hydrogen) atoms. The van der Waals surface area contributed by atoms with E-state index in [9.17, 15) is 9.59 Å². The molecule has 0 saturated heterocycles. The van der Waals surface area contributed by atoms with Gasteiger partial charge in [-0.05, 0) is 35.7 Å². The molecule has 162 valence electrons. The summed E-state index contributed by atoms with van der Waals surface area (Å²) in [5.74, 6) is 0.0635. The van der Waals surface area contributed by atoms with Crippen LogP contribution in [0.15, 0.2) is 71.4 Å². The first-order valence-corrected chi connectivity index (χ1v) is 11.5. The lowest BCUT2D eigenvalue weighted by molar-refractivity contribution is 0.0469. The van der Waals surface area contributed by atoms with Crippen LogP contribution in [0.1, 0.15) is 25.7 Å². The molecule has 2 heterocycles. The smallest absolute Gasteiger partial charge is 0.340 e. The van der Waals surface area contributed by atoms with Crippen LogP contribution in [-0.4, -0.2) is 31.0 Å². The lowest BCUT2D eigenvalue weighted by Crippen LogP contribution is -2.27. The minimum absolute atomic E-state index is 0.0379. The van der Waals surface area contributed by atoms with Crippen molar-refractivity contribution in [1.29, 1.82) is 0 Å². The van der Waals surface area contributed by atoms with Crippen LogP contribution in [0, 0.1) is 0 Å². The number of rotatable bonds is 7. The number of amides is 1. The third-order valence-electron chi connectivity index (χ3n) is 4.74. The standard InChI is InChI=1S/C24H20N2O4S2/c1-26(23(27)21-11-6-12-31-21)20-10-4-3-9-19(20)24(28)30-14-17-15-32-22(25-17)16-7-5-8-18(13-16)29-2/h3-13,15H,14H2,1-2H3. The number of para-hydroxylation sites is 1. The van der Waals surface area contributed by atoms with E-state index in [4.69, 9.17) is 9.47 Å². The van der Waals surface area contributed by atoms with Gasteiger partial charge in [-0.25, -0.2) is 9.78 Å². The highest BCUT2D eigenvalue weighted by Gasteiger charge is 2.21. The van der Waals surface area contributed by atoms with Gasteiger partial charge in [0.2, 0.25) is 0 Å². The predicted octanol–water partition coefficient (Wildman–Crippen LogP) is 5.51. The second-order valence-electron chi connectivity index (χ2n) is 6.81. The number of thiophene rings is 1. The number of esters is 1. The van der Waals surface area contributed by atoms with Crippen molar-refractivity contribution in [2.24, 2.45) is 0 Å². The molecule has 0 unspecified atom stereocenters. The Morgan fingerprint density at radius 2 is 1.88 bits per heavy atom. The molecule has 0 aliphatic heterocycles. The Kier molecular flexibility index (Phi) is 6.63. The second-order valence-corrected chi connectivity index (χ2v) is 8.62. The quantitative estimate of drug-likeness (QED) is 0.337. The van der Waals surface area contributed by atoms with E-state index in [0.717, 1.165) is 16.3 Å². The van der Waals surface area contributed by atoms with Crippen LogP contribution >= 0.6 is 22.7 Å². The summed E-state index contributed by atoms with van der Waals surface area (Å²) in [5.41, 5.74) is 2.40. The van der Waals surface area contributed by atoms with Gasteiger partial charge in [-0.2, -0.15) is 0 Å². The van der Waals surface area contributed by atoms with Crippen molar-refractivity contribution in [3.05, 3.63) is 87.6 Å². The number of hydrogen-bond acceptors (Lipinski definition) is 7. The maximum atomic E-state index is 12.8. The average Bonchev–Trinajstić information content (AvgIpc) is 3.54. The molecular weight excluding hydrogens is 444 g/mol. The van der Waals surface area contributed by atoms with Gasteiger partial charge in [-0.1, -0.05) is 30.3 Å². The Morgan fingerprint density at radius 3 is 2.66 bits per heavy atom. The molecule has 1 amide bonds. The van der Waals surface area contributed by atoms with Crippen LogP contribution in [-0.2, 0) is 11.3 Å². The van der Waals surface area contributed by atoms with Crippen LogP contribution in [0.25, 0.3) is 10.6 Å². The second kappa shape index (κ2) is 9.76. The van der Waals surface area contributed by atoms with Gasteiger partial charge in [0.15, 0.2) is 0 Å². The van der Waals surface area contributed by atoms with Crippen LogP contribution in [0.3, 0.4) is 0 Å². The van der Waals surface area contributed by atoms with Gasteiger partial charge in [0.25, 0.3) is 5.91 Å². The summed E-state index contributed by atoms with van der Waals surface area (Å²) >= 11 is 2.83. The first-order valence-electron chi connectivity index (χ1n) is 9.73. The number of carbonyl (C=O) groups is 2. The van der Waals surface area contributed by atoms with E-state index in [2.05, 4.69) is 4.98 Å². The van der Waals surface area contributed by atoms with Crippen molar-refractivity contribution in [2.75, 3.05) is 19.1 Å². The number of methoxy groups -OCH3 is 1. The normalized spacial score (nSPS) is 10.6. The Labute approximate surface area is 193 Å². The van der Waals surface area contributed by atoms with E-state index in [1.807, 2.05) is 41.1 Å². The average molecular weight is 465 g/mol. The number of nitrogens with zero attached hydrogens (tertiary/aromatic N) is 2. The largest absolute Gasteiger partial charge is 0.497 e. The van der Waals surface area contributed by atoms with E-state index >= 15 is 0 Å². The van der Waals surface area contributed by atoms with Crippen LogP contribution < -0.4 is 9.64 Å². The molecule has 0 spiro atoms. The summed E-state index contributed by atoms with van der Waals surface area (Å²) in [6.45, 7) is 0.0379. The van der Waals surface area contributed by atoms with Gasteiger partial charge in [-0.15, -0.1) is 22.7 Å². The molecule has 4 rings (SSSR count). The summed E-state index contributed by atoms with van der Waals surface area (Å²) in [6, 6.07) is 18.1. The van der Waals surface area contributed by atoms with E-state index in [1.54, 1.807) is 44.5 Å². The third-order valence-corrected chi connectivity index (χ3v) is 6.54. The van der Waals surface area contributed by atoms with Gasteiger partial charge in [-0.3, -0.25) is 4.79 Å². The van der Waals surface area contributed by atoms with Crippen molar-refractivity contribution in [2.45, 2.75) is 6.61 Å². The molecule has 0 N–H and O–H groups in total. The molecule has 2 aromatic carbocycles. The minimum Gasteiger partial charge on any atom is -0.497 e. The van der Waals surface area contributed by atoms with Crippen LogP contribution in [0.2, 0.25) is 0 Å². The van der Waals surface area contributed by atoms with Crippen molar-refractivity contribution in [1.82, 2.24) is 4.98 Å². The molecule has 0 saturated carbocycles. The first-order chi connectivity index (χ1) is 15.6. The molecule has 0 fully saturated rings.